The van der Waals surface area contributed by atoms with Crippen molar-refractivity contribution in [3.63, 3.8) is 0 Å². The standard InChI is InChI=1S/C12H12F3N3/c1-18(7-12(13,14)15)11-3-2-10(16)9-6-17-5-4-8(9)11/h2-6H,7,16H2,1H3. The van der Waals surface area contributed by atoms with Gasteiger partial charge < -0.3 is 10.6 Å². The van der Waals surface area contributed by atoms with Crippen molar-refractivity contribution in [3.8, 4) is 0 Å². The van der Waals surface area contributed by atoms with Gasteiger partial charge >= 0.3 is 6.18 Å². The lowest BCUT2D eigenvalue weighted by molar-refractivity contribution is -0.119. The van der Waals surface area contributed by atoms with Crippen LogP contribution in [0.1, 0.15) is 0 Å². The van der Waals surface area contributed by atoms with Crippen molar-refractivity contribution >= 4 is 22.1 Å². The highest BCUT2D eigenvalue weighted by Crippen LogP contribution is 2.31. The fourth-order valence-corrected chi connectivity index (χ4v) is 1.88. The Morgan fingerprint density at radius 3 is 2.61 bits per heavy atom. The molecule has 0 saturated carbocycles. The number of benzene rings is 1. The lowest BCUT2D eigenvalue weighted by atomic mass is 10.1. The summed E-state index contributed by atoms with van der Waals surface area (Å²) in [5.41, 5.74) is 6.76. The Balaban J connectivity index is 2.49. The van der Waals surface area contributed by atoms with Gasteiger partial charge in [0.2, 0.25) is 0 Å². The van der Waals surface area contributed by atoms with Crippen LogP contribution in [-0.4, -0.2) is 24.8 Å². The molecule has 0 bridgehead atoms. The number of hydrogen-bond acceptors (Lipinski definition) is 3. The zero-order chi connectivity index (χ0) is 13.3. The Kier molecular flexibility index (Phi) is 3.02. The van der Waals surface area contributed by atoms with Crippen LogP contribution in [0.15, 0.2) is 30.6 Å². The lowest BCUT2D eigenvalue weighted by Crippen LogP contribution is -2.30. The molecule has 3 nitrogen and oxygen atoms in total. The van der Waals surface area contributed by atoms with Crippen LogP contribution in [0.3, 0.4) is 0 Å². The number of rotatable bonds is 2. The summed E-state index contributed by atoms with van der Waals surface area (Å²) >= 11 is 0. The first-order chi connectivity index (χ1) is 8.38. The van der Waals surface area contributed by atoms with E-state index in [9.17, 15) is 13.2 Å². The topological polar surface area (TPSA) is 42.1 Å². The van der Waals surface area contributed by atoms with Crippen LogP contribution in [0.4, 0.5) is 24.5 Å². The summed E-state index contributed by atoms with van der Waals surface area (Å²) < 4.78 is 37.2. The molecule has 1 aromatic carbocycles. The normalized spacial score (nSPS) is 11.8. The number of nitrogen functional groups attached to an aromatic ring is 1. The van der Waals surface area contributed by atoms with E-state index in [-0.39, 0.29) is 0 Å². The van der Waals surface area contributed by atoms with E-state index in [0.717, 1.165) is 4.90 Å². The van der Waals surface area contributed by atoms with E-state index >= 15 is 0 Å². The summed E-state index contributed by atoms with van der Waals surface area (Å²) in [7, 11) is 1.40. The van der Waals surface area contributed by atoms with E-state index in [1.807, 2.05) is 0 Å². The average Bonchev–Trinajstić information content (AvgIpc) is 2.27. The lowest BCUT2D eigenvalue weighted by Gasteiger charge is -2.22. The van der Waals surface area contributed by atoms with Gasteiger partial charge in [-0.3, -0.25) is 4.98 Å². The average molecular weight is 255 g/mol. The molecule has 0 radical (unpaired) electrons. The minimum atomic E-state index is -4.24. The van der Waals surface area contributed by atoms with Gasteiger partial charge in [-0.15, -0.1) is 0 Å². The van der Waals surface area contributed by atoms with Crippen molar-refractivity contribution < 1.29 is 13.2 Å². The number of aromatic nitrogens is 1. The molecular weight excluding hydrogens is 243 g/mol. The molecule has 0 aliphatic carbocycles. The van der Waals surface area contributed by atoms with Crippen LogP contribution in [0.5, 0.6) is 0 Å². The van der Waals surface area contributed by atoms with Crippen LogP contribution >= 0.6 is 0 Å². The number of pyridine rings is 1. The first-order valence-corrected chi connectivity index (χ1v) is 5.28. The van der Waals surface area contributed by atoms with E-state index in [0.29, 0.717) is 22.1 Å². The molecule has 0 aliphatic heterocycles. The van der Waals surface area contributed by atoms with Gasteiger partial charge in [-0.2, -0.15) is 13.2 Å². The number of nitrogens with zero attached hydrogens (tertiary/aromatic N) is 2. The van der Waals surface area contributed by atoms with Gasteiger partial charge in [0.15, 0.2) is 0 Å². The fourth-order valence-electron chi connectivity index (χ4n) is 1.88. The Labute approximate surface area is 102 Å². The van der Waals surface area contributed by atoms with Gasteiger partial charge in [-0.25, -0.2) is 0 Å². The highest BCUT2D eigenvalue weighted by molar-refractivity contribution is 6.00. The van der Waals surface area contributed by atoms with Gasteiger partial charge in [0.25, 0.3) is 0 Å². The van der Waals surface area contributed by atoms with Crippen molar-refractivity contribution in [1.29, 1.82) is 0 Å². The van der Waals surface area contributed by atoms with Crippen molar-refractivity contribution in [2.45, 2.75) is 6.18 Å². The van der Waals surface area contributed by atoms with Gasteiger partial charge in [-0.05, 0) is 18.2 Å². The first kappa shape index (κ1) is 12.5. The molecule has 0 spiro atoms. The van der Waals surface area contributed by atoms with E-state index < -0.39 is 12.7 Å². The summed E-state index contributed by atoms with van der Waals surface area (Å²) in [5, 5.41) is 1.32. The third kappa shape index (κ3) is 2.47. The number of hydrogen-bond donors (Lipinski definition) is 1. The molecular formula is C12H12F3N3. The SMILES string of the molecule is CN(CC(F)(F)F)c1ccc(N)c2cnccc12. The highest BCUT2D eigenvalue weighted by Gasteiger charge is 2.29. The molecule has 96 valence electrons. The number of alkyl halides is 3. The van der Waals surface area contributed by atoms with Crippen LogP contribution in [0, 0.1) is 0 Å². The van der Waals surface area contributed by atoms with Crippen LogP contribution in [-0.2, 0) is 0 Å². The third-order valence-electron chi connectivity index (χ3n) is 2.66. The van der Waals surface area contributed by atoms with E-state index in [2.05, 4.69) is 4.98 Å². The Morgan fingerprint density at radius 2 is 1.94 bits per heavy atom. The Hall–Kier alpha value is -1.98. The zero-order valence-electron chi connectivity index (χ0n) is 9.70. The Bertz CT molecular complexity index is 566. The van der Waals surface area contributed by atoms with E-state index in [4.69, 9.17) is 5.73 Å². The second-order valence-electron chi connectivity index (χ2n) is 4.07. The zero-order valence-corrected chi connectivity index (χ0v) is 9.70. The third-order valence-corrected chi connectivity index (χ3v) is 2.66. The van der Waals surface area contributed by atoms with Crippen molar-refractivity contribution in [1.82, 2.24) is 4.98 Å². The Morgan fingerprint density at radius 1 is 1.22 bits per heavy atom. The maximum absolute atomic E-state index is 12.4. The van der Waals surface area contributed by atoms with Gasteiger partial charge in [0.05, 0.1) is 0 Å². The molecule has 2 aromatic rings. The number of nitrogens with two attached hydrogens (primary N) is 1. The second-order valence-corrected chi connectivity index (χ2v) is 4.07. The van der Waals surface area contributed by atoms with Crippen molar-refractivity contribution in [2.75, 3.05) is 24.2 Å². The second kappa shape index (κ2) is 4.36. The molecule has 0 amide bonds. The van der Waals surface area contributed by atoms with E-state index in [1.54, 1.807) is 24.4 Å². The monoisotopic (exact) mass is 255 g/mol. The van der Waals surface area contributed by atoms with Gasteiger partial charge in [0, 0.05) is 41.6 Å². The molecule has 0 saturated heterocycles. The van der Waals surface area contributed by atoms with Crippen molar-refractivity contribution in [2.24, 2.45) is 0 Å². The number of halogens is 3. The fraction of sp³-hybridized carbons (Fsp3) is 0.250. The summed E-state index contributed by atoms with van der Waals surface area (Å²) in [5.74, 6) is 0. The molecule has 6 heteroatoms. The smallest absolute Gasteiger partial charge is 0.398 e. The van der Waals surface area contributed by atoms with Gasteiger partial charge in [0.1, 0.15) is 6.54 Å². The summed E-state index contributed by atoms with van der Waals surface area (Å²) in [6.45, 7) is -1.01. The van der Waals surface area contributed by atoms with Crippen LogP contribution in [0.25, 0.3) is 10.8 Å². The van der Waals surface area contributed by atoms with E-state index in [1.165, 1.54) is 13.2 Å². The molecule has 18 heavy (non-hydrogen) atoms. The summed E-state index contributed by atoms with van der Waals surface area (Å²) in [4.78, 5) is 5.08. The number of fused-ring (bicyclic) bond motifs is 1. The molecule has 0 fully saturated rings. The highest BCUT2D eigenvalue weighted by atomic mass is 19.4. The van der Waals surface area contributed by atoms with Crippen LogP contribution < -0.4 is 10.6 Å². The predicted octanol–water partition coefficient (Wildman–Crippen LogP) is 2.82. The van der Waals surface area contributed by atoms with Crippen LogP contribution in [0.2, 0.25) is 0 Å². The van der Waals surface area contributed by atoms with Crippen molar-refractivity contribution in [3.05, 3.63) is 30.6 Å². The molecule has 2 rings (SSSR count). The summed E-state index contributed by atoms with van der Waals surface area (Å²) in [6, 6.07) is 4.84. The quantitative estimate of drug-likeness (QED) is 0.839. The molecule has 0 aliphatic rings. The predicted molar refractivity (Wildman–Crippen MR) is 65.5 cm³/mol. The minimum absolute atomic E-state index is 0.485. The number of anilines is 2. The molecule has 0 unspecified atom stereocenters. The molecule has 2 N–H and O–H groups in total. The first-order valence-electron chi connectivity index (χ1n) is 5.28. The molecule has 0 atom stereocenters. The largest absolute Gasteiger partial charge is 0.405 e. The summed E-state index contributed by atoms with van der Waals surface area (Å²) in [6.07, 6.45) is -1.15. The maximum Gasteiger partial charge on any atom is 0.405 e. The molecule has 1 aromatic heterocycles. The minimum Gasteiger partial charge on any atom is -0.398 e. The maximum atomic E-state index is 12.4. The van der Waals surface area contributed by atoms with Gasteiger partial charge in [-0.1, -0.05) is 0 Å². The molecule has 1 heterocycles.